The molecule has 0 radical (unpaired) electrons. The van der Waals surface area contributed by atoms with E-state index in [1.54, 1.807) is 7.11 Å². The van der Waals surface area contributed by atoms with Crippen LogP contribution < -0.4 is 9.64 Å². The quantitative estimate of drug-likeness (QED) is 0.564. The second-order valence-electron chi connectivity index (χ2n) is 6.36. The predicted molar refractivity (Wildman–Crippen MR) is 93.7 cm³/mol. The van der Waals surface area contributed by atoms with Crippen LogP contribution in [0.1, 0.15) is 27.7 Å². The molecule has 1 aliphatic heterocycles. The van der Waals surface area contributed by atoms with Gasteiger partial charge < -0.3 is 14.4 Å². The molecule has 27 heavy (non-hydrogen) atoms. The summed E-state index contributed by atoms with van der Waals surface area (Å²) in [5.41, 5.74) is 0.857. The van der Waals surface area contributed by atoms with Gasteiger partial charge in [-0.2, -0.15) is 19.2 Å². The van der Waals surface area contributed by atoms with Crippen molar-refractivity contribution in [3.05, 3.63) is 24.3 Å². The van der Waals surface area contributed by atoms with Gasteiger partial charge in [-0.15, -0.1) is 0 Å². The molecule has 0 N–H and O–H groups in total. The molecule has 148 valence electrons. The third-order valence-corrected chi connectivity index (χ3v) is 4.67. The van der Waals surface area contributed by atoms with Crippen LogP contribution >= 0.6 is 0 Å². The molecule has 1 aliphatic rings. The second-order valence-corrected chi connectivity index (χ2v) is 6.36. The van der Waals surface area contributed by atoms with Crippen LogP contribution in [0, 0.1) is 11.8 Å². The summed E-state index contributed by atoms with van der Waals surface area (Å²) in [6.07, 6.45) is 0.500. The van der Waals surface area contributed by atoms with Crippen molar-refractivity contribution >= 4 is 24.0 Å². The lowest BCUT2D eigenvalue weighted by molar-refractivity contribution is -0.193. The van der Waals surface area contributed by atoms with E-state index in [2.05, 4.69) is 32.6 Å². The molecule has 0 amide bonds. The molecule has 0 aromatic heterocycles. The van der Waals surface area contributed by atoms with Crippen molar-refractivity contribution in [1.82, 2.24) is 0 Å². The summed E-state index contributed by atoms with van der Waals surface area (Å²) in [5, 5.41) is 0. The number of methoxy groups -OCH3 is 2. The Hall–Kier alpha value is -2.95. The van der Waals surface area contributed by atoms with Gasteiger partial charge in [-0.05, 0) is 36.1 Å². The Morgan fingerprint density at radius 2 is 1.37 bits per heavy atom. The molecule has 0 aliphatic carbocycles. The summed E-state index contributed by atoms with van der Waals surface area (Å²) in [4.78, 5) is 46.9. The molecule has 1 aromatic carbocycles. The van der Waals surface area contributed by atoms with Crippen molar-refractivity contribution in [2.24, 2.45) is 11.8 Å². The highest BCUT2D eigenvalue weighted by atomic mass is 16.5. The van der Waals surface area contributed by atoms with E-state index in [0.717, 1.165) is 11.4 Å². The number of rotatable bonds is 5. The van der Waals surface area contributed by atoms with Gasteiger partial charge in [0.05, 0.1) is 19.8 Å². The smallest absolute Gasteiger partial charge is 0.373 e. The predicted octanol–water partition coefficient (Wildman–Crippen LogP) is 1.94. The number of carbonyl (C=O) groups excluding carboxylic acids is 5. The van der Waals surface area contributed by atoms with Crippen LogP contribution in [0.5, 0.6) is 5.75 Å². The van der Waals surface area contributed by atoms with Crippen LogP contribution in [0.3, 0.4) is 0 Å². The third kappa shape index (κ3) is 5.03. The first-order valence-corrected chi connectivity index (χ1v) is 8.24. The summed E-state index contributed by atoms with van der Waals surface area (Å²) in [5.74, 6) is 1.36. The average molecular weight is 379 g/mol. The largest absolute Gasteiger partial charge is 0.497 e. The van der Waals surface area contributed by atoms with Crippen molar-refractivity contribution < 1.29 is 33.4 Å². The summed E-state index contributed by atoms with van der Waals surface area (Å²) < 4.78 is 10.2. The van der Waals surface area contributed by atoms with Gasteiger partial charge in [0.25, 0.3) is 0 Å². The van der Waals surface area contributed by atoms with E-state index in [4.69, 9.17) is 28.7 Å². The minimum atomic E-state index is -0.212. The number of anilines is 1. The first kappa shape index (κ1) is 24.1. The van der Waals surface area contributed by atoms with Crippen molar-refractivity contribution in [2.45, 2.75) is 39.3 Å². The molecule has 0 spiro atoms. The third-order valence-electron chi connectivity index (χ3n) is 4.67. The summed E-state index contributed by atoms with van der Waals surface area (Å²) in [6.45, 7) is 8.66. The minimum Gasteiger partial charge on any atom is -0.497 e. The zero-order chi connectivity index (χ0) is 21.2. The van der Waals surface area contributed by atoms with E-state index in [0.29, 0.717) is 11.8 Å². The van der Waals surface area contributed by atoms with E-state index in [-0.39, 0.29) is 29.9 Å². The molecule has 1 fully saturated rings. The zero-order valence-corrected chi connectivity index (χ0v) is 16.3. The highest BCUT2D eigenvalue weighted by Gasteiger charge is 2.69. The number of hydrogen-bond acceptors (Lipinski definition) is 8. The van der Waals surface area contributed by atoms with Gasteiger partial charge in [0, 0.05) is 5.69 Å². The Kier molecular flexibility index (Phi) is 9.72. The van der Waals surface area contributed by atoms with Gasteiger partial charge in [0.2, 0.25) is 0 Å². The number of ether oxygens (including phenoxy) is 2. The van der Waals surface area contributed by atoms with Gasteiger partial charge in [-0.25, -0.2) is 4.79 Å². The summed E-state index contributed by atoms with van der Waals surface area (Å²) >= 11 is 0. The van der Waals surface area contributed by atoms with Crippen molar-refractivity contribution in [2.75, 3.05) is 19.1 Å². The highest BCUT2D eigenvalue weighted by Crippen LogP contribution is 2.55. The van der Waals surface area contributed by atoms with Crippen LogP contribution in [0.15, 0.2) is 24.3 Å². The standard InChI is InChI=1S/C17H25NO3.2CO2/c1-11(2)17(12(3)4)15(16(19)21-6)18(17)13-7-9-14(20-5)10-8-13;2*2-1-3/h7-12,15H,1-6H3;;. The lowest BCUT2D eigenvalue weighted by Crippen LogP contribution is -2.34. The Morgan fingerprint density at radius 3 is 1.67 bits per heavy atom. The van der Waals surface area contributed by atoms with Gasteiger partial charge in [0.15, 0.2) is 6.04 Å². The van der Waals surface area contributed by atoms with Crippen molar-refractivity contribution in [3.63, 3.8) is 0 Å². The topological polar surface area (TPSA) is 107 Å². The highest BCUT2D eigenvalue weighted by molar-refractivity contribution is 5.91. The van der Waals surface area contributed by atoms with Gasteiger partial charge >= 0.3 is 18.3 Å². The number of hydrogen-bond donors (Lipinski definition) is 0. The Labute approximate surface area is 158 Å². The van der Waals surface area contributed by atoms with Crippen LogP contribution in [0.2, 0.25) is 0 Å². The first-order valence-electron chi connectivity index (χ1n) is 8.24. The zero-order valence-electron chi connectivity index (χ0n) is 16.3. The molecule has 1 unspecified atom stereocenters. The van der Waals surface area contributed by atoms with E-state index >= 15 is 0 Å². The van der Waals surface area contributed by atoms with E-state index in [9.17, 15) is 4.79 Å². The first-order chi connectivity index (χ1) is 12.7. The molecular weight excluding hydrogens is 354 g/mol. The Morgan fingerprint density at radius 1 is 0.963 bits per heavy atom. The van der Waals surface area contributed by atoms with Crippen molar-refractivity contribution in [3.8, 4) is 5.75 Å². The van der Waals surface area contributed by atoms with E-state index < -0.39 is 0 Å². The van der Waals surface area contributed by atoms with Crippen LogP contribution in [0.25, 0.3) is 0 Å². The summed E-state index contributed by atoms with van der Waals surface area (Å²) in [7, 11) is 3.11. The Balaban J connectivity index is 0.000000997. The van der Waals surface area contributed by atoms with Crippen LogP contribution in [-0.4, -0.2) is 44.1 Å². The minimum absolute atomic E-state index is 0.159. The molecular formula is C19H25NO7. The van der Waals surface area contributed by atoms with E-state index in [1.807, 2.05) is 24.3 Å². The second kappa shape index (κ2) is 10.9. The lowest BCUT2D eigenvalue weighted by Gasteiger charge is -2.26. The molecule has 1 saturated heterocycles. The molecule has 8 heteroatoms. The van der Waals surface area contributed by atoms with Crippen molar-refractivity contribution in [1.29, 1.82) is 0 Å². The van der Waals surface area contributed by atoms with Gasteiger partial charge in [0.1, 0.15) is 5.75 Å². The van der Waals surface area contributed by atoms with Gasteiger partial charge in [-0.3, -0.25) is 0 Å². The number of benzene rings is 1. The molecule has 1 heterocycles. The van der Waals surface area contributed by atoms with Crippen LogP contribution in [-0.2, 0) is 28.7 Å². The molecule has 0 saturated carbocycles. The Bertz CT molecular complexity index is 650. The molecule has 1 atom stereocenters. The number of nitrogens with zero attached hydrogens (tertiary/aromatic N) is 1. The number of carbonyl (C=O) groups is 1. The van der Waals surface area contributed by atoms with Crippen LogP contribution in [0.4, 0.5) is 5.69 Å². The SMILES string of the molecule is COC(=O)C1N(c2ccc(OC)cc2)C1(C(C)C)C(C)C.O=C=O.O=C=O. The molecule has 2 rings (SSSR count). The fourth-order valence-electron chi connectivity index (χ4n) is 3.70. The maximum atomic E-state index is 12.2. The molecule has 1 aromatic rings. The fourth-order valence-corrected chi connectivity index (χ4v) is 3.70. The summed E-state index contributed by atoms with van der Waals surface area (Å²) in [6, 6.07) is 7.64. The molecule has 8 nitrogen and oxygen atoms in total. The van der Waals surface area contributed by atoms with Gasteiger partial charge in [-0.1, -0.05) is 27.7 Å². The maximum Gasteiger partial charge on any atom is 0.373 e. The average Bonchev–Trinajstić information content (AvgIpc) is 3.34. The maximum absolute atomic E-state index is 12.2. The van der Waals surface area contributed by atoms with E-state index in [1.165, 1.54) is 7.11 Å². The normalized spacial score (nSPS) is 16.0. The molecule has 0 bridgehead atoms. The fraction of sp³-hybridized carbons (Fsp3) is 0.526. The lowest BCUT2D eigenvalue weighted by atomic mass is 9.81. The monoisotopic (exact) mass is 379 g/mol. The number of esters is 1.